The Morgan fingerprint density at radius 1 is 1.20 bits per heavy atom. The van der Waals surface area contributed by atoms with Crippen molar-refractivity contribution in [3.63, 3.8) is 0 Å². The predicted molar refractivity (Wildman–Crippen MR) is 81.3 cm³/mol. The van der Waals surface area contributed by atoms with Gasteiger partial charge in [-0.15, -0.1) is 0 Å². The third kappa shape index (κ3) is 3.02. The molecule has 2 aromatic rings. The number of hydrogen-bond donors (Lipinski definition) is 1. The minimum atomic E-state index is -0.960. The number of rotatable bonds is 4. The van der Waals surface area contributed by atoms with E-state index in [1.54, 1.807) is 13.0 Å². The first kappa shape index (κ1) is 14.6. The fraction of sp³-hybridized carbons (Fsp3) is 0.235. The first-order chi connectivity index (χ1) is 9.41. The van der Waals surface area contributed by atoms with Crippen molar-refractivity contribution in [2.24, 2.45) is 0 Å². The minimum absolute atomic E-state index is 0.409. The second-order valence-electron chi connectivity index (χ2n) is 5.31. The van der Waals surface area contributed by atoms with E-state index in [0.29, 0.717) is 11.4 Å². The number of hydrogen-bond acceptors (Lipinski definition) is 1. The van der Waals surface area contributed by atoms with E-state index in [4.69, 9.17) is 11.6 Å². The summed E-state index contributed by atoms with van der Waals surface area (Å²) in [6.45, 7) is 3.74. The average molecular weight is 289 g/mol. The number of aliphatic carboxylic acids is 1. The topological polar surface area (TPSA) is 37.3 Å². The highest BCUT2D eigenvalue weighted by Crippen LogP contribution is 2.29. The van der Waals surface area contributed by atoms with Crippen molar-refractivity contribution in [2.75, 3.05) is 0 Å². The Morgan fingerprint density at radius 2 is 1.85 bits per heavy atom. The summed E-state index contributed by atoms with van der Waals surface area (Å²) < 4.78 is 0. The molecule has 1 atom stereocenters. The molecule has 2 aromatic carbocycles. The zero-order chi connectivity index (χ0) is 14.8. The summed E-state index contributed by atoms with van der Waals surface area (Å²) in [7, 11) is 0. The lowest BCUT2D eigenvalue weighted by Crippen LogP contribution is -2.34. The van der Waals surface area contributed by atoms with Gasteiger partial charge in [0.05, 0.1) is 5.41 Å². The molecule has 2 nitrogen and oxygen atoms in total. The van der Waals surface area contributed by atoms with Crippen molar-refractivity contribution < 1.29 is 9.90 Å². The first-order valence-corrected chi connectivity index (χ1v) is 6.84. The van der Waals surface area contributed by atoms with Gasteiger partial charge in [0.2, 0.25) is 0 Å². The van der Waals surface area contributed by atoms with Crippen LogP contribution in [0.1, 0.15) is 23.6 Å². The molecule has 0 aliphatic carbocycles. The number of carbonyl (C=O) groups is 1. The van der Waals surface area contributed by atoms with Crippen molar-refractivity contribution in [2.45, 2.75) is 25.7 Å². The Bertz CT molecular complexity index is 619. The molecule has 3 heteroatoms. The second-order valence-corrected chi connectivity index (χ2v) is 5.75. The van der Waals surface area contributed by atoms with Gasteiger partial charge >= 0.3 is 5.97 Å². The van der Waals surface area contributed by atoms with Crippen LogP contribution in [0.15, 0.2) is 48.5 Å². The molecule has 0 heterocycles. The molecule has 0 aliphatic heterocycles. The molecule has 0 aliphatic rings. The number of halogens is 1. The van der Waals surface area contributed by atoms with Crippen LogP contribution in [0.25, 0.3) is 0 Å². The summed E-state index contributed by atoms with van der Waals surface area (Å²) in [5, 5.41) is 10.3. The van der Waals surface area contributed by atoms with E-state index in [0.717, 1.165) is 16.7 Å². The maximum atomic E-state index is 11.8. The molecule has 0 bridgehead atoms. The molecule has 2 rings (SSSR count). The van der Waals surface area contributed by atoms with Crippen LogP contribution in [0.4, 0.5) is 0 Å². The fourth-order valence-electron chi connectivity index (χ4n) is 2.28. The smallest absolute Gasteiger partial charge is 0.314 e. The van der Waals surface area contributed by atoms with Crippen LogP contribution in [0.5, 0.6) is 0 Å². The van der Waals surface area contributed by atoms with E-state index in [9.17, 15) is 9.90 Å². The number of carboxylic acid groups (broad SMARTS) is 1. The predicted octanol–water partition coefficient (Wildman–Crippen LogP) is 4.23. The molecule has 0 radical (unpaired) electrons. The number of carboxylic acids is 1. The SMILES string of the molecule is Cc1ccc(C(C)(Cc2cccc(Cl)c2)C(=O)O)cc1. The lowest BCUT2D eigenvalue weighted by Gasteiger charge is -2.26. The highest BCUT2D eigenvalue weighted by Gasteiger charge is 2.35. The summed E-state index contributed by atoms with van der Waals surface area (Å²) in [5.74, 6) is -0.832. The molecule has 104 valence electrons. The highest BCUT2D eigenvalue weighted by atomic mass is 35.5. The van der Waals surface area contributed by atoms with Gasteiger partial charge in [-0.05, 0) is 43.5 Å². The van der Waals surface area contributed by atoms with E-state index >= 15 is 0 Å². The van der Waals surface area contributed by atoms with E-state index in [1.807, 2.05) is 49.4 Å². The monoisotopic (exact) mass is 288 g/mol. The highest BCUT2D eigenvalue weighted by molar-refractivity contribution is 6.30. The molecule has 20 heavy (non-hydrogen) atoms. The summed E-state index contributed by atoms with van der Waals surface area (Å²) >= 11 is 5.97. The molecular weight excluding hydrogens is 272 g/mol. The van der Waals surface area contributed by atoms with Crippen LogP contribution in [0.3, 0.4) is 0 Å². The molecule has 0 aromatic heterocycles. The Hall–Kier alpha value is -1.80. The van der Waals surface area contributed by atoms with Gasteiger partial charge in [0.25, 0.3) is 0 Å². The maximum Gasteiger partial charge on any atom is 0.314 e. The van der Waals surface area contributed by atoms with Gasteiger partial charge in [0, 0.05) is 5.02 Å². The van der Waals surface area contributed by atoms with Crippen LogP contribution in [-0.4, -0.2) is 11.1 Å². The van der Waals surface area contributed by atoms with Gasteiger partial charge in [-0.25, -0.2) is 0 Å². The fourth-order valence-corrected chi connectivity index (χ4v) is 2.49. The average Bonchev–Trinajstić information content (AvgIpc) is 2.39. The molecule has 0 amide bonds. The van der Waals surface area contributed by atoms with Crippen LogP contribution < -0.4 is 0 Å². The van der Waals surface area contributed by atoms with E-state index in [1.165, 1.54) is 0 Å². The number of aryl methyl sites for hydroxylation is 1. The summed E-state index contributed by atoms with van der Waals surface area (Å²) in [4.78, 5) is 11.8. The van der Waals surface area contributed by atoms with E-state index in [-0.39, 0.29) is 0 Å². The van der Waals surface area contributed by atoms with Crippen molar-refractivity contribution in [3.05, 3.63) is 70.2 Å². The van der Waals surface area contributed by atoms with Crippen molar-refractivity contribution >= 4 is 17.6 Å². The van der Waals surface area contributed by atoms with Crippen LogP contribution in [0, 0.1) is 6.92 Å². The third-order valence-corrected chi connectivity index (χ3v) is 3.84. The Kier molecular flexibility index (Phi) is 4.15. The van der Waals surface area contributed by atoms with E-state index < -0.39 is 11.4 Å². The summed E-state index contributed by atoms with van der Waals surface area (Å²) in [6.07, 6.45) is 0.409. The van der Waals surface area contributed by atoms with Crippen LogP contribution in [0.2, 0.25) is 5.02 Å². The summed E-state index contributed by atoms with van der Waals surface area (Å²) in [6, 6.07) is 15.0. The van der Waals surface area contributed by atoms with Gasteiger partial charge in [0.1, 0.15) is 0 Å². The van der Waals surface area contributed by atoms with E-state index in [2.05, 4.69) is 0 Å². The van der Waals surface area contributed by atoms with Crippen molar-refractivity contribution in [3.8, 4) is 0 Å². The first-order valence-electron chi connectivity index (χ1n) is 6.47. The standard InChI is InChI=1S/C17H17ClO2/c1-12-6-8-14(9-7-12)17(2,16(19)20)11-13-4-3-5-15(18)10-13/h3-10H,11H2,1-2H3,(H,19,20). The zero-order valence-corrected chi connectivity index (χ0v) is 12.3. The Labute approximate surface area is 124 Å². The molecular formula is C17H17ClO2. The minimum Gasteiger partial charge on any atom is -0.481 e. The molecule has 0 fully saturated rings. The van der Waals surface area contributed by atoms with Crippen LogP contribution in [-0.2, 0) is 16.6 Å². The van der Waals surface area contributed by atoms with Gasteiger partial charge in [-0.1, -0.05) is 53.6 Å². The van der Waals surface area contributed by atoms with Gasteiger partial charge in [0.15, 0.2) is 0 Å². The Balaban J connectivity index is 2.39. The normalized spacial score (nSPS) is 13.8. The quantitative estimate of drug-likeness (QED) is 0.914. The molecule has 0 saturated carbocycles. The molecule has 0 saturated heterocycles. The van der Waals surface area contributed by atoms with Gasteiger partial charge in [-0.2, -0.15) is 0 Å². The van der Waals surface area contributed by atoms with Crippen LogP contribution >= 0.6 is 11.6 Å². The van der Waals surface area contributed by atoms with Gasteiger partial charge < -0.3 is 5.11 Å². The molecule has 0 spiro atoms. The molecule has 1 unspecified atom stereocenters. The second kappa shape index (κ2) is 5.68. The maximum absolute atomic E-state index is 11.8. The van der Waals surface area contributed by atoms with Crippen molar-refractivity contribution in [1.82, 2.24) is 0 Å². The Morgan fingerprint density at radius 3 is 2.40 bits per heavy atom. The largest absolute Gasteiger partial charge is 0.481 e. The molecule has 1 N–H and O–H groups in total. The lowest BCUT2D eigenvalue weighted by molar-refractivity contribution is -0.143. The third-order valence-electron chi connectivity index (χ3n) is 3.61. The van der Waals surface area contributed by atoms with Gasteiger partial charge in [-0.3, -0.25) is 4.79 Å². The number of benzene rings is 2. The zero-order valence-electron chi connectivity index (χ0n) is 11.6. The van der Waals surface area contributed by atoms with Crippen molar-refractivity contribution in [1.29, 1.82) is 0 Å². The summed E-state index contributed by atoms with van der Waals surface area (Å²) in [5.41, 5.74) is 1.88. The lowest BCUT2D eigenvalue weighted by atomic mass is 9.77.